The topological polar surface area (TPSA) is 75.3 Å². The molecule has 0 saturated carbocycles. The standard InChI is InChI=1S/C7H13F3N2O2/c1-4(6(11)14)2-12-3-5(13)7(8,9)10/h4-5,12-13H,2-3H2,1H3,(H2,11,14). The highest BCUT2D eigenvalue weighted by Gasteiger charge is 2.37. The monoisotopic (exact) mass is 214 g/mol. The van der Waals surface area contributed by atoms with E-state index in [-0.39, 0.29) is 6.54 Å². The van der Waals surface area contributed by atoms with E-state index in [1.807, 2.05) is 0 Å². The van der Waals surface area contributed by atoms with Crippen LogP contribution >= 0.6 is 0 Å². The Hall–Kier alpha value is -0.820. The minimum atomic E-state index is -4.64. The number of alkyl halides is 3. The Morgan fingerprint density at radius 1 is 1.50 bits per heavy atom. The van der Waals surface area contributed by atoms with Gasteiger partial charge in [-0.05, 0) is 0 Å². The molecule has 2 unspecified atom stereocenters. The summed E-state index contributed by atoms with van der Waals surface area (Å²) in [5.74, 6) is -1.16. The second-order valence-electron chi connectivity index (χ2n) is 3.02. The van der Waals surface area contributed by atoms with Gasteiger partial charge in [-0.2, -0.15) is 13.2 Å². The third kappa shape index (κ3) is 5.03. The summed E-state index contributed by atoms with van der Waals surface area (Å²) in [6.45, 7) is 0.860. The van der Waals surface area contributed by atoms with Crippen molar-refractivity contribution in [1.82, 2.24) is 5.32 Å². The Labute approximate surface area is 79.3 Å². The molecule has 0 heterocycles. The van der Waals surface area contributed by atoms with Crippen molar-refractivity contribution >= 4 is 5.91 Å². The molecule has 0 rings (SSSR count). The van der Waals surface area contributed by atoms with Gasteiger partial charge in [0.25, 0.3) is 0 Å². The van der Waals surface area contributed by atoms with Crippen LogP contribution < -0.4 is 11.1 Å². The summed E-state index contributed by atoms with van der Waals surface area (Å²) >= 11 is 0. The van der Waals surface area contributed by atoms with Crippen LogP contribution in [0, 0.1) is 5.92 Å². The van der Waals surface area contributed by atoms with Crippen LogP contribution in [-0.4, -0.2) is 36.4 Å². The van der Waals surface area contributed by atoms with Crippen LogP contribution in [0.15, 0.2) is 0 Å². The molecule has 4 N–H and O–H groups in total. The first-order valence-corrected chi connectivity index (χ1v) is 4.00. The summed E-state index contributed by atoms with van der Waals surface area (Å²) in [6.07, 6.45) is -7.05. The molecule has 0 aliphatic heterocycles. The molecule has 0 aliphatic rings. The zero-order chi connectivity index (χ0) is 11.4. The lowest BCUT2D eigenvalue weighted by atomic mass is 10.1. The third-order valence-corrected chi connectivity index (χ3v) is 1.65. The highest BCUT2D eigenvalue weighted by atomic mass is 19.4. The van der Waals surface area contributed by atoms with Crippen LogP contribution in [0.2, 0.25) is 0 Å². The molecule has 2 atom stereocenters. The molecule has 0 saturated heterocycles. The molecule has 4 nitrogen and oxygen atoms in total. The van der Waals surface area contributed by atoms with Crippen LogP contribution in [0.25, 0.3) is 0 Å². The molecule has 1 amide bonds. The van der Waals surface area contributed by atoms with Gasteiger partial charge in [-0.1, -0.05) is 6.92 Å². The lowest BCUT2D eigenvalue weighted by molar-refractivity contribution is -0.201. The second kappa shape index (κ2) is 5.16. The van der Waals surface area contributed by atoms with Crippen molar-refractivity contribution in [2.75, 3.05) is 13.1 Å². The van der Waals surface area contributed by atoms with E-state index >= 15 is 0 Å². The number of amides is 1. The Balaban J connectivity index is 3.70. The first-order chi connectivity index (χ1) is 6.25. The Kier molecular flexibility index (Phi) is 4.86. The Morgan fingerprint density at radius 3 is 2.36 bits per heavy atom. The lowest BCUT2D eigenvalue weighted by Gasteiger charge is -2.16. The fraction of sp³-hybridized carbons (Fsp3) is 0.857. The summed E-state index contributed by atoms with van der Waals surface area (Å²) < 4.78 is 35.3. The molecule has 0 radical (unpaired) electrons. The summed E-state index contributed by atoms with van der Waals surface area (Å²) in [6, 6.07) is 0. The van der Waals surface area contributed by atoms with Gasteiger partial charge in [0.15, 0.2) is 6.10 Å². The van der Waals surface area contributed by atoms with Crippen molar-refractivity contribution in [3.05, 3.63) is 0 Å². The van der Waals surface area contributed by atoms with Gasteiger partial charge in [-0.3, -0.25) is 4.79 Å². The zero-order valence-electron chi connectivity index (χ0n) is 7.64. The molecule has 0 aliphatic carbocycles. The number of rotatable bonds is 5. The van der Waals surface area contributed by atoms with E-state index in [0.29, 0.717) is 0 Å². The van der Waals surface area contributed by atoms with Crippen LogP contribution in [0.5, 0.6) is 0 Å². The smallest absolute Gasteiger partial charge is 0.382 e. The molecule has 0 aromatic carbocycles. The number of hydrogen-bond acceptors (Lipinski definition) is 3. The van der Waals surface area contributed by atoms with Crippen molar-refractivity contribution in [3.8, 4) is 0 Å². The fourth-order valence-electron chi connectivity index (χ4n) is 0.653. The van der Waals surface area contributed by atoms with Crippen molar-refractivity contribution in [2.45, 2.75) is 19.2 Å². The van der Waals surface area contributed by atoms with Gasteiger partial charge >= 0.3 is 6.18 Å². The maximum Gasteiger partial charge on any atom is 0.415 e. The minimum Gasteiger partial charge on any atom is -0.382 e. The number of aliphatic hydroxyl groups is 1. The Morgan fingerprint density at radius 2 is 2.00 bits per heavy atom. The predicted molar refractivity (Wildman–Crippen MR) is 43.3 cm³/mol. The van der Waals surface area contributed by atoms with E-state index in [1.165, 1.54) is 6.92 Å². The second-order valence-corrected chi connectivity index (χ2v) is 3.02. The first kappa shape index (κ1) is 13.2. The third-order valence-electron chi connectivity index (χ3n) is 1.65. The van der Waals surface area contributed by atoms with E-state index in [9.17, 15) is 18.0 Å². The van der Waals surface area contributed by atoms with E-state index in [1.54, 1.807) is 0 Å². The number of nitrogens with one attached hydrogen (secondary N) is 1. The molecule has 0 spiro atoms. The van der Waals surface area contributed by atoms with E-state index in [2.05, 4.69) is 5.32 Å². The van der Waals surface area contributed by atoms with E-state index in [0.717, 1.165) is 0 Å². The van der Waals surface area contributed by atoms with Gasteiger partial charge in [0.2, 0.25) is 5.91 Å². The maximum absolute atomic E-state index is 11.8. The van der Waals surface area contributed by atoms with Crippen molar-refractivity contribution in [2.24, 2.45) is 11.7 Å². The first-order valence-electron chi connectivity index (χ1n) is 4.00. The van der Waals surface area contributed by atoms with Gasteiger partial charge in [-0.15, -0.1) is 0 Å². The highest BCUT2D eigenvalue weighted by Crippen LogP contribution is 2.19. The normalized spacial score (nSPS) is 16.4. The average molecular weight is 214 g/mol. The maximum atomic E-state index is 11.8. The number of halogens is 3. The number of carbonyl (C=O) groups excluding carboxylic acids is 1. The number of nitrogens with two attached hydrogens (primary N) is 1. The van der Waals surface area contributed by atoms with Gasteiger partial charge < -0.3 is 16.2 Å². The summed E-state index contributed by atoms with van der Waals surface area (Å²) in [5, 5.41) is 10.8. The molecule has 0 fully saturated rings. The van der Waals surface area contributed by atoms with Crippen LogP contribution in [0.1, 0.15) is 6.92 Å². The summed E-state index contributed by atoms with van der Waals surface area (Å²) in [5.41, 5.74) is 4.87. The Bertz CT molecular complexity index is 196. The average Bonchev–Trinajstić information content (AvgIpc) is 2.01. The predicted octanol–water partition coefficient (Wildman–Crippen LogP) is -0.379. The largest absolute Gasteiger partial charge is 0.415 e. The van der Waals surface area contributed by atoms with Crippen LogP contribution in [0.3, 0.4) is 0 Å². The van der Waals surface area contributed by atoms with Crippen LogP contribution in [0.4, 0.5) is 13.2 Å². The van der Waals surface area contributed by atoms with Crippen molar-refractivity contribution in [3.63, 3.8) is 0 Å². The minimum absolute atomic E-state index is 0.0163. The molecule has 0 aromatic rings. The molecule has 7 heteroatoms. The molecular weight excluding hydrogens is 201 g/mol. The van der Waals surface area contributed by atoms with Gasteiger partial charge in [0, 0.05) is 19.0 Å². The van der Waals surface area contributed by atoms with Crippen molar-refractivity contribution in [1.29, 1.82) is 0 Å². The van der Waals surface area contributed by atoms with E-state index in [4.69, 9.17) is 10.8 Å². The summed E-state index contributed by atoms with van der Waals surface area (Å²) in [7, 11) is 0. The molecule has 0 aromatic heterocycles. The van der Waals surface area contributed by atoms with Gasteiger partial charge in [0.05, 0.1) is 0 Å². The number of primary amides is 1. The van der Waals surface area contributed by atoms with Gasteiger partial charge in [0.1, 0.15) is 0 Å². The highest BCUT2D eigenvalue weighted by molar-refractivity contribution is 5.76. The van der Waals surface area contributed by atoms with Gasteiger partial charge in [-0.25, -0.2) is 0 Å². The number of aliphatic hydroxyl groups excluding tert-OH is 1. The quantitative estimate of drug-likeness (QED) is 0.584. The summed E-state index contributed by atoms with van der Waals surface area (Å²) in [4.78, 5) is 10.5. The molecule has 84 valence electrons. The van der Waals surface area contributed by atoms with E-state index < -0.39 is 30.7 Å². The van der Waals surface area contributed by atoms with Crippen molar-refractivity contribution < 1.29 is 23.1 Å². The number of carbonyl (C=O) groups is 1. The fourth-order valence-corrected chi connectivity index (χ4v) is 0.653. The lowest BCUT2D eigenvalue weighted by Crippen LogP contribution is -2.41. The molecule has 14 heavy (non-hydrogen) atoms. The SMILES string of the molecule is CC(CNCC(O)C(F)(F)F)C(N)=O. The molecule has 0 bridgehead atoms. The zero-order valence-corrected chi connectivity index (χ0v) is 7.64. The number of hydrogen-bond donors (Lipinski definition) is 3. The van der Waals surface area contributed by atoms with Crippen LogP contribution in [-0.2, 0) is 4.79 Å². The molecular formula is C7H13F3N2O2.